The van der Waals surface area contributed by atoms with Crippen LogP contribution in [0.1, 0.15) is 67.7 Å². The Morgan fingerprint density at radius 2 is 1.47 bits per heavy atom. The van der Waals surface area contributed by atoms with Crippen molar-refractivity contribution in [3.63, 3.8) is 0 Å². The average Bonchev–Trinajstić information content (AvgIpc) is 2.18. The highest BCUT2D eigenvalue weighted by Crippen LogP contribution is 2.36. The molecule has 3 heteroatoms. The van der Waals surface area contributed by atoms with E-state index in [1.165, 1.54) is 0 Å². The Kier molecular flexibility index (Phi) is 6.24. The maximum atomic E-state index is 12.7. The second-order valence-electron chi connectivity index (χ2n) is 7.78. The van der Waals surface area contributed by atoms with Crippen LogP contribution in [0.25, 0.3) is 0 Å². The lowest BCUT2D eigenvalue weighted by Gasteiger charge is -2.33. The van der Waals surface area contributed by atoms with E-state index in [-0.39, 0.29) is 28.9 Å². The molecule has 0 bridgehead atoms. The van der Waals surface area contributed by atoms with Crippen LogP contribution >= 0.6 is 0 Å². The van der Waals surface area contributed by atoms with Gasteiger partial charge in [0.25, 0.3) is 0 Å². The standard InChI is InChI=1S/C16H31NO2/c1-8-9-11(14(17)19)12(10-15(2,3)4)13(18)16(5,6)7/h11-12H,8-10H2,1-7H3,(H2,17,19)/t11-,12+/m0/s1. The molecule has 0 aromatic heterocycles. The van der Waals surface area contributed by atoms with Gasteiger partial charge in [0.2, 0.25) is 5.91 Å². The van der Waals surface area contributed by atoms with Gasteiger partial charge in [-0.15, -0.1) is 0 Å². The van der Waals surface area contributed by atoms with E-state index in [9.17, 15) is 9.59 Å². The van der Waals surface area contributed by atoms with Crippen LogP contribution in [0.2, 0.25) is 0 Å². The number of nitrogens with two attached hydrogens (primary N) is 1. The molecule has 0 aromatic carbocycles. The van der Waals surface area contributed by atoms with E-state index in [1.807, 2.05) is 27.7 Å². The Bertz CT molecular complexity index is 321. The molecule has 112 valence electrons. The van der Waals surface area contributed by atoms with Crippen molar-refractivity contribution < 1.29 is 9.59 Å². The Hall–Kier alpha value is -0.860. The number of hydrogen-bond acceptors (Lipinski definition) is 2. The molecule has 0 aliphatic carbocycles. The number of primary amides is 1. The summed E-state index contributed by atoms with van der Waals surface area (Å²) in [5.74, 6) is -0.790. The maximum Gasteiger partial charge on any atom is 0.221 e. The fourth-order valence-electron chi connectivity index (χ4n) is 2.49. The van der Waals surface area contributed by atoms with Crippen molar-refractivity contribution in [2.75, 3.05) is 0 Å². The number of rotatable bonds is 6. The smallest absolute Gasteiger partial charge is 0.221 e. The molecule has 2 atom stereocenters. The largest absolute Gasteiger partial charge is 0.369 e. The highest BCUT2D eigenvalue weighted by Gasteiger charge is 2.39. The zero-order valence-electron chi connectivity index (χ0n) is 13.7. The van der Waals surface area contributed by atoms with Gasteiger partial charge in [-0.2, -0.15) is 0 Å². The van der Waals surface area contributed by atoms with Crippen molar-refractivity contribution >= 4 is 11.7 Å². The first kappa shape index (κ1) is 18.1. The number of hydrogen-bond donors (Lipinski definition) is 1. The molecular weight excluding hydrogens is 238 g/mol. The van der Waals surface area contributed by atoms with Crippen LogP contribution < -0.4 is 5.73 Å². The zero-order chi connectivity index (χ0) is 15.4. The molecule has 3 nitrogen and oxygen atoms in total. The Labute approximate surface area is 118 Å². The molecule has 0 aliphatic heterocycles. The van der Waals surface area contributed by atoms with E-state index in [0.717, 1.165) is 6.42 Å². The van der Waals surface area contributed by atoms with Crippen LogP contribution in [0.5, 0.6) is 0 Å². The number of Topliss-reactive ketones (excluding diaryl/α,β-unsaturated/α-hetero) is 1. The molecule has 0 aromatic rings. The SMILES string of the molecule is CCC[C@H](C(N)=O)[C@@H](CC(C)(C)C)C(=O)C(C)(C)C. The summed E-state index contributed by atoms with van der Waals surface area (Å²) >= 11 is 0. The first-order valence-corrected chi connectivity index (χ1v) is 7.23. The van der Waals surface area contributed by atoms with Gasteiger partial charge in [0.1, 0.15) is 5.78 Å². The van der Waals surface area contributed by atoms with E-state index in [2.05, 4.69) is 20.8 Å². The molecule has 1 amide bonds. The fraction of sp³-hybridized carbons (Fsp3) is 0.875. The summed E-state index contributed by atoms with van der Waals surface area (Å²) < 4.78 is 0. The number of carbonyl (C=O) groups is 2. The van der Waals surface area contributed by atoms with E-state index < -0.39 is 5.41 Å². The van der Waals surface area contributed by atoms with E-state index >= 15 is 0 Å². The summed E-state index contributed by atoms with van der Waals surface area (Å²) in [6.07, 6.45) is 2.26. The summed E-state index contributed by atoms with van der Waals surface area (Å²) in [6.45, 7) is 14.0. The van der Waals surface area contributed by atoms with Crippen LogP contribution in [0, 0.1) is 22.7 Å². The third kappa shape index (κ3) is 6.22. The second-order valence-corrected chi connectivity index (χ2v) is 7.78. The Morgan fingerprint density at radius 3 is 1.74 bits per heavy atom. The van der Waals surface area contributed by atoms with Crippen molar-refractivity contribution in [2.45, 2.75) is 67.7 Å². The molecule has 0 heterocycles. The molecule has 0 saturated heterocycles. The minimum atomic E-state index is -0.433. The highest BCUT2D eigenvalue weighted by molar-refractivity contribution is 5.91. The monoisotopic (exact) mass is 269 g/mol. The van der Waals surface area contributed by atoms with Crippen LogP contribution in [0.4, 0.5) is 0 Å². The fourth-order valence-corrected chi connectivity index (χ4v) is 2.49. The molecule has 19 heavy (non-hydrogen) atoms. The summed E-state index contributed by atoms with van der Waals surface area (Å²) in [5, 5.41) is 0. The molecule has 0 fully saturated rings. The van der Waals surface area contributed by atoms with Crippen molar-refractivity contribution in [3.05, 3.63) is 0 Å². The van der Waals surface area contributed by atoms with Gasteiger partial charge in [0.15, 0.2) is 0 Å². The highest BCUT2D eigenvalue weighted by atomic mass is 16.1. The lowest BCUT2D eigenvalue weighted by Crippen LogP contribution is -2.41. The summed E-state index contributed by atoms with van der Waals surface area (Å²) in [5.41, 5.74) is 5.11. The van der Waals surface area contributed by atoms with Gasteiger partial charge in [-0.05, 0) is 18.3 Å². The Morgan fingerprint density at radius 1 is 1.00 bits per heavy atom. The van der Waals surface area contributed by atoms with Gasteiger partial charge in [-0.1, -0.05) is 54.9 Å². The molecule has 0 radical (unpaired) electrons. The summed E-state index contributed by atoms with van der Waals surface area (Å²) in [4.78, 5) is 24.4. The molecule has 0 saturated carbocycles. The third-order valence-corrected chi connectivity index (χ3v) is 3.36. The number of ketones is 1. The van der Waals surface area contributed by atoms with Gasteiger partial charge in [0.05, 0.1) is 0 Å². The van der Waals surface area contributed by atoms with Crippen molar-refractivity contribution in [1.82, 2.24) is 0 Å². The minimum Gasteiger partial charge on any atom is -0.369 e. The van der Waals surface area contributed by atoms with Crippen molar-refractivity contribution in [2.24, 2.45) is 28.4 Å². The Balaban J connectivity index is 5.36. The molecular formula is C16H31NO2. The van der Waals surface area contributed by atoms with Gasteiger partial charge in [-0.25, -0.2) is 0 Å². The number of amides is 1. The normalized spacial score (nSPS) is 15.9. The van der Waals surface area contributed by atoms with Crippen LogP contribution in [0.15, 0.2) is 0 Å². The minimum absolute atomic E-state index is 0.00696. The molecule has 0 aliphatic rings. The van der Waals surface area contributed by atoms with E-state index in [1.54, 1.807) is 0 Å². The van der Waals surface area contributed by atoms with Crippen LogP contribution in [0.3, 0.4) is 0 Å². The predicted octanol–water partition coefficient (Wildman–Crippen LogP) is 3.56. The van der Waals surface area contributed by atoms with Crippen molar-refractivity contribution in [3.8, 4) is 0 Å². The molecule has 2 N–H and O–H groups in total. The summed E-state index contributed by atoms with van der Waals surface area (Å²) in [6, 6.07) is 0. The average molecular weight is 269 g/mol. The molecule has 0 rings (SSSR count). The van der Waals surface area contributed by atoms with Gasteiger partial charge < -0.3 is 5.73 Å². The van der Waals surface area contributed by atoms with Gasteiger partial charge >= 0.3 is 0 Å². The van der Waals surface area contributed by atoms with Gasteiger partial charge in [0, 0.05) is 17.3 Å². The lowest BCUT2D eigenvalue weighted by molar-refractivity contribution is -0.138. The first-order valence-electron chi connectivity index (χ1n) is 7.23. The van der Waals surface area contributed by atoms with Crippen LogP contribution in [-0.2, 0) is 9.59 Å². The van der Waals surface area contributed by atoms with E-state index in [4.69, 9.17) is 5.73 Å². The topological polar surface area (TPSA) is 60.2 Å². The third-order valence-electron chi connectivity index (χ3n) is 3.36. The quantitative estimate of drug-likeness (QED) is 0.801. The summed E-state index contributed by atoms with van der Waals surface area (Å²) in [7, 11) is 0. The predicted molar refractivity (Wildman–Crippen MR) is 79.6 cm³/mol. The maximum absolute atomic E-state index is 12.7. The first-order chi connectivity index (χ1) is 8.40. The second kappa shape index (κ2) is 6.53. The van der Waals surface area contributed by atoms with Crippen molar-refractivity contribution in [1.29, 1.82) is 0 Å². The van der Waals surface area contributed by atoms with E-state index in [0.29, 0.717) is 12.8 Å². The van der Waals surface area contributed by atoms with Gasteiger partial charge in [-0.3, -0.25) is 9.59 Å². The zero-order valence-corrected chi connectivity index (χ0v) is 13.7. The van der Waals surface area contributed by atoms with Crippen LogP contribution in [-0.4, -0.2) is 11.7 Å². The molecule has 0 spiro atoms. The lowest BCUT2D eigenvalue weighted by atomic mass is 9.69. The molecule has 0 unspecified atom stereocenters. The number of carbonyl (C=O) groups excluding carboxylic acids is 2.